The highest BCUT2D eigenvalue weighted by Gasteiger charge is 2.12. The highest BCUT2D eigenvalue weighted by atomic mass is 35.5. The molecular formula is C17H24ClN3OSSi. The van der Waals surface area contributed by atoms with Crippen LogP contribution in [0.5, 0.6) is 0 Å². The van der Waals surface area contributed by atoms with Crippen molar-refractivity contribution in [3.05, 3.63) is 34.6 Å². The van der Waals surface area contributed by atoms with Gasteiger partial charge in [-0.25, -0.2) is 9.97 Å². The van der Waals surface area contributed by atoms with E-state index in [2.05, 4.69) is 34.6 Å². The number of rotatable bonds is 4. The average molecular weight is 382 g/mol. The smallest absolute Gasteiger partial charge is 0.139 e. The third-order valence-electron chi connectivity index (χ3n) is 3.43. The van der Waals surface area contributed by atoms with Crippen LogP contribution in [-0.4, -0.2) is 36.7 Å². The zero-order valence-electron chi connectivity index (χ0n) is 14.8. The number of thiazole rings is 1. The SMILES string of the molecule is COCC[Si](C)(C)C.Cc1csc(-c2c[nH]c3nccc(Cl)c23)n1. The third-order valence-corrected chi connectivity index (χ3v) is 6.44. The second-order valence-electron chi connectivity index (χ2n) is 6.82. The van der Waals surface area contributed by atoms with Crippen LogP contribution in [0.1, 0.15) is 5.69 Å². The van der Waals surface area contributed by atoms with Crippen molar-refractivity contribution in [3.8, 4) is 10.6 Å². The van der Waals surface area contributed by atoms with E-state index in [4.69, 9.17) is 16.3 Å². The van der Waals surface area contributed by atoms with Crippen LogP contribution in [0.2, 0.25) is 30.7 Å². The van der Waals surface area contributed by atoms with Gasteiger partial charge in [-0.2, -0.15) is 0 Å². The van der Waals surface area contributed by atoms with Gasteiger partial charge in [-0.05, 0) is 19.0 Å². The van der Waals surface area contributed by atoms with Gasteiger partial charge in [0.15, 0.2) is 0 Å². The van der Waals surface area contributed by atoms with Crippen LogP contribution in [0.3, 0.4) is 0 Å². The highest BCUT2D eigenvalue weighted by molar-refractivity contribution is 7.13. The van der Waals surface area contributed by atoms with Crippen molar-refractivity contribution in [2.45, 2.75) is 32.6 Å². The van der Waals surface area contributed by atoms with E-state index < -0.39 is 8.07 Å². The second kappa shape index (κ2) is 8.25. The number of H-pyrrole nitrogens is 1. The van der Waals surface area contributed by atoms with Crippen LogP contribution in [0.4, 0.5) is 0 Å². The lowest BCUT2D eigenvalue weighted by Crippen LogP contribution is -2.21. The molecule has 1 N–H and O–H groups in total. The van der Waals surface area contributed by atoms with E-state index >= 15 is 0 Å². The fourth-order valence-corrected chi connectivity index (χ4v) is 3.95. The van der Waals surface area contributed by atoms with E-state index in [0.29, 0.717) is 5.02 Å². The number of hydrogen-bond acceptors (Lipinski definition) is 4. The Morgan fingerprint density at radius 2 is 2.08 bits per heavy atom. The maximum absolute atomic E-state index is 6.18. The predicted octanol–water partition coefficient (Wildman–Crippen LogP) is 5.62. The number of pyridine rings is 1. The lowest BCUT2D eigenvalue weighted by molar-refractivity contribution is 0.214. The zero-order valence-corrected chi connectivity index (χ0v) is 17.4. The number of methoxy groups -OCH3 is 1. The maximum Gasteiger partial charge on any atom is 0.139 e. The lowest BCUT2D eigenvalue weighted by Gasteiger charge is -2.13. The largest absolute Gasteiger partial charge is 0.385 e. The van der Waals surface area contributed by atoms with Crippen molar-refractivity contribution >= 4 is 42.0 Å². The summed E-state index contributed by atoms with van der Waals surface area (Å²) in [6.07, 6.45) is 3.60. The van der Waals surface area contributed by atoms with Gasteiger partial charge in [-0.15, -0.1) is 11.3 Å². The molecule has 0 unspecified atom stereocenters. The van der Waals surface area contributed by atoms with E-state index in [1.54, 1.807) is 30.7 Å². The maximum atomic E-state index is 6.18. The Bertz CT molecular complexity index is 795. The minimum atomic E-state index is -0.803. The number of fused-ring (bicyclic) bond motifs is 1. The van der Waals surface area contributed by atoms with E-state index in [1.165, 1.54) is 6.04 Å². The Labute approximate surface area is 153 Å². The number of nitrogens with one attached hydrogen (secondary N) is 1. The Hall–Kier alpha value is -1.21. The van der Waals surface area contributed by atoms with Gasteiger partial charge in [0, 0.05) is 56.2 Å². The standard InChI is InChI=1S/C11H8ClN3S.C6H16OSi/c1-6-5-16-11(15-6)7-4-14-10-9(7)8(12)2-3-13-10;1-7-5-6-8(2,3)4/h2-5H,1H3,(H,13,14);5-6H2,1-4H3. The van der Waals surface area contributed by atoms with E-state index in [0.717, 1.165) is 33.9 Å². The number of halogens is 1. The number of aryl methyl sites for hydroxylation is 1. The first-order valence-electron chi connectivity index (χ1n) is 7.85. The quantitative estimate of drug-likeness (QED) is 0.596. The number of nitrogens with zero attached hydrogens (tertiary/aromatic N) is 2. The van der Waals surface area contributed by atoms with Gasteiger partial charge in [0.2, 0.25) is 0 Å². The molecule has 0 fully saturated rings. The molecule has 0 aliphatic heterocycles. The van der Waals surface area contributed by atoms with E-state index in [1.807, 2.05) is 18.5 Å². The van der Waals surface area contributed by atoms with E-state index in [9.17, 15) is 0 Å². The van der Waals surface area contributed by atoms with Gasteiger partial charge in [-0.1, -0.05) is 31.2 Å². The number of hydrogen-bond donors (Lipinski definition) is 1. The first kappa shape index (κ1) is 19.1. The van der Waals surface area contributed by atoms with Crippen LogP contribution >= 0.6 is 22.9 Å². The van der Waals surface area contributed by atoms with Gasteiger partial charge in [0.25, 0.3) is 0 Å². The molecule has 4 nitrogen and oxygen atoms in total. The Morgan fingerprint density at radius 1 is 1.33 bits per heavy atom. The topological polar surface area (TPSA) is 50.8 Å². The average Bonchev–Trinajstić information content (AvgIpc) is 3.12. The molecule has 0 saturated carbocycles. The number of ether oxygens (including phenoxy) is 1. The van der Waals surface area contributed by atoms with Gasteiger partial charge >= 0.3 is 0 Å². The third kappa shape index (κ3) is 5.14. The van der Waals surface area contributed by atoms with Crippen molar-refractivity contribution in [2.75, 3.05) is 13.7 Å². The molecule has 24 heavy (non-hydrogen) atoms. The van der Waals surface area contributed by atoms with Crippen LogP contribution < -0.4 is 0 Å². The van der Waals surface area contributed by atoms with Crippen LogP contribution in [0.25, 0.3) is 21.6 Å². The summed E-state index contributed by atoms with van der Waals surface area (Å²) in [4.78, 5) is 11.8. The summed E-state index contributed by atoms with van der Waals surface area (Å²) in [5.74, 6) is 0. The van der Waals surface area contributed by atoms with Crippen LogP contribution in [0, 0.1) is 6.92 Å². The number of aromatic amines is 1. The molecule has 3 aromatic rings. The molecule has 0 radical (unpaired) electrons. The Morgan fingerprint density at radius 3 is 2.62 bits per heavy atom. The molecule has 130 valence electrons. The lowest BCUT2D eigenvalue weighted by atomic mass is 10.2. The van der Waals surface area contributed by atoms with Crippen molar-refractivity contribution in [1.29, 1.82) is 0 Å². The molecule has 0 spiro atoms. The molecule has 0 saturated heterocycles. The van der Waals surface area contributed by atoms with Gasteiger partial charge in [0.1, 0.15) is 10.7 Å². The molecule has 0 bridgehead atoms. The van der Waals surface area contributed by atoms with Crippen molar-refractivity contribution in [2.24, 2.45) is 0 Å². The van der Waals surface area contributed by atoms with Crippen LogP contribution in [-0.2, 0) is 4.74 Å². The minimum absolute atomic E-state index is 0.703. The van der Waals surface area contributed by atoms with Crippen LogP contribution in [0.15, 0.2) is 23.8 Å². The molecule has 0 atom stereocenters. The molecule has 7 heteroatoms. The Balaban J connectivity index is 0.000000224. The predicted molar refractivity (Wildman–Crippen MR) is 107 cm³/mol. The van der Waals surface area contributed by atoms with E-state index in [-0.39, 0.29) is 0 Å². The molecule has 3 rings (SSSR count). The molecule has 0 amide bonds. The van der Waals surface area contributed by atoms with Gasteiger partial charge in [0.05, 0.1) is 5.02 Å². The summed E-state index contributed by atoms with van der Waals surface area (Å²) in [5.41, 5.74) is 2.84. The summed E-state index contributed by atoms with van der Waals surface area (Å²) in [7, 11) is 0.961. The highest BCUT2D eigenvalue weighted by Crippen LogP contribution is 2.34. The zero-order chi connectivity index (χ0) is 17.7. The normalized spacial score (nSPS) is 11.4. The first-order chi connectivity index (χ1) is 11.3. The summed E-state index contributed by atoms with van der Waals surface area (Å²) < 4.78 is 4.95. The van der Waals surface area contributed by atoms with Crippen molar-refractivity contribution in [1.82, 2.24) is 15.0 Å². The Kier molecular flexibility index (Phi) is 6.57. The summed E-state index contributed by atoms with van der Waals surface area (Å²) >= 11 is 7.79. The molecule has 0 aliphatic rings. The fourth-order valence-electron chi connectivity index (χ4n) is 2.07. The summed E-state index contributed by atoms with van der Waals surface area (Å²) in [6, 6.07) is 3.07. The van der Waals surface area contributed by atoms with Crippen molar-refractivity contribution in [3.63, 3.8) is 0 Å². The molecule has 0 aromatic carbocycles. The molecule has 3 heterocycles. The number of aromatic nitrogens is 3. The molecular weight excluding hydrogens is 358 g/mol. The van der Waals surface area contributed by atoms with Gasteiger partial charge < -0.3 is 9.72 Å². The second-order valence-corrected chi connectivity index (χ2v) is 13.7. The summed E-state index contributed by atoms with van der Waals surface area (Å²) in [6.45, 7) is 9.98. The fraction of sp³-hybridized carbons (Fsp3) is 0.412. The van der Waals surface area contributed by atoms with Crippen molar-refractivity contribution < 1.29 is 4.74 Å². The molecule has 3 aromatic heterocycles. The summed E-state index contributed by atoms with van der Waals surface area (Å²) in [5, 5.41) is 4.64. The minimum Gasteiger partial charge on any atom is -0.385 e. The van der Waals surface area contributed by atoms with Gasteiger partial charge in [-0.3, -0.25) is 0 Å². The first-order valence-corrected chi connectivity index (χ1v) is 12.8. The molecule has 0 aliphatic carbocycles. The monoisotopic (exact) mass is 381 g/mol.